The Hall–Kier alpha value is -1.14. The first-order valence-corrected chi connectivity index (χ1v) is 7.64. The molecule has 0 amide bonds. The molecule has 0 spiro atoms. The number of anilines is 1. The highest BCUT2D eigenvalue weighted by atomic mass is 32.1. The van der Waals surface area contributed by atoms with Gasteiger partial charge in [0.15, 0.2) is 0 Å². The lowest BCUT2D eigenvalue weighted by molar-refractivity contribution is 0.230. The van der Waals surface area contributed by atoms with Crippen LogP contribution >= 0.6 is 12.6 Å². The zero-order valence-corrected chi connectivity index (χ0v) is 12.5. The number of rotatable bonds is 4. The van der Waals surface area contributed by atoms with Gasteiger partial charge in [0.25, 0.3) is 0 Å². The third-order valence-corrected chi connectivity index (χ3v) is 4.93. The Bertz CT molecular complexity index is 441. The Morgan fingerprint density at radius 3 is 2.37 bits per heavy atom. The molecule has 0 aliphatic heterocycles. The van der Waals surface area contributed by atoms with Crippen LogP contribution in [0.15, 0.2) is 24.3 Å². The molecule has 1 aromatic rings. The molecule has 1 aromatic carbocycles. The van der Waals surface area contributed by atoms with Crippen molar-refractivity contribution in [3.05, 3.63) is 29.8 Å². The van der Waals surface area contributed by atoms with Crippen LogP contribution in [0.1, 0.15) is 37.7 Å². The van der Waals surface area contributed by atoms with Crippen molar-refractivity contribution in [1.82, 2.24) is 0 Å². The molecule has 1 fully saturated rings. The minimum Gasteiger partial charge on any atom is -0.374 e. The molecule has 1 aliphatic carbocycles. The molecule has 0 N–H and O–H groups in total. The van der Waals surface area contributed by atoms with E-state index in [4.69, 9.17) is 5.26 Å². The largest absolute Gasteiger partial charge is 0.374 e. The van der Waals surface area contributed by atoms with Crippen LogP contribution in [0.2, 0.25) is 0 Å². The van der Waals surface area contributed by atoms with Crippen molar-refractivity contribution in [2.24, 2.45) is 5.41 Å². The number of nitrogens with zero attached hydrogens (tertiary/aromatic N) is 2. The normalized spacial score (nSPS) is 17.7. The van der Waals surface area contributed by atoms with Gasteiger partial charge in [-0.25, -0.2) is 0 Å². The van der Waals surface area contributed by atoms with Gasteiger partial charge in [-0.1, -0.05) is 19.3 Å². The second-order valence-electron chi connectivity index (χ2n) is 5.73. The van der Waals surface area contributed by atoms with E-state index in [0.717, 1.165) is 17.9 Å². The van der Waals surface area contributed by atoms with Crippen LogP contribution in [0.3, 0.4) is 0 Å². The maximum Gasteiger partial charge on any atom is 0.0991 e. The van der Waals surface area contributed by atoms with Crippen LogP contribution in [0.25, 0.3) is 0 Å². The van der Waals surface area contributed by atoms with Crippen LogP contribution in [0, 0.1) is 16.7 Å². The summed E-state index contributed by atoms with van der Waals surface area (Å²) < 4.78 is 0. The van der Waals surface area contributed by atoms with E-state index in [1.54, 1.807) is 0 Å². The average Bonchev–Trinajstić information content (AvgIpc) is 2.48. The van der Waals surface area contributed by atoms with Crippen molar-refractivity contribution in [3.8, 4) is 6.07 Å². The Morgan fingerprint density at radius 1 is 1.21 bits per heavy atom. The number of hydrogen-bond acceptors (Lipinski definition) is 3. The Morgan fingerprint density at radius 2 is 1.84 bits per heavy atom. The average molecular weight is 274 g/mol. The summed E-state index contributed by atoms with van der Waals surface area (Å²) in [4.78, 5) is 2.31. The summed E-state index contributed by atoms with van der Waals surface area (Å²) in [6.45, 7) is 1.06. The van der Waals surface area contributed by atoms with E-state index in [1.165, 1.54) is 37.8 Å². The van der Waals surface area contributed by atoms with Gasteiger partial charge in [0.1, 0.15) is 0 Å². The molecular formula is C16H22N2S. The van der Waals surface area contributed by atoms with E-state index in [0.29, 0.717) is 5.41 Å². The fourth-order valence-electron chi connectivity index (χ4n) is 3.05. The van der Waals surface area contributed by atoms with Crippen LogP contribution in [-0.2, 0) is 0 Å². The topological polar surface area (TPSA) is 27.0 Å². The zero-order valence-electron chi connectivity index (χ0n) is 11.6. The molecule has 2 rings (SSSR count). The van der Waals surface area contributed by atoms with Gasteiger partial charge in [0, 0.05) is 19.3 Å². The lowest BCUT2D eigenvalue weighted by Gasteiger charge is -2.39. The van der Waals surface area contributed by atoms with Gasteiger partial charge in [0.05, 0.1) is 11.6 Å². The minimum absolute atomic E-state index is 0.365. The van der Waals surface area contributed by atoms with Crippen LogP contribution in [-0.4, -0.2) is 19.3 Å². The quantitative estimate of drug-likeness (QED) is 0.844. The van der Waals surface area contributed by atoms with Gasteiger partial charge in [-0.3, -0.25) is 0 Å². The molecule has 3 heteroatoms. The maximum atomic E-state index is 8.83. The fourth-order valence-corrected chi connectivity index (χ4v) is 3.47. The van der Waals surface area contributed by atoms with Crippen molar-refractivity contribution in [3.63, 3.8) is 0 Å². The zero-order chi connectivity index (χ0) is 13.7. The molecule has 1 aliphatic rings. The first-order valence-electron chi connectivity index (χ1n) is 7.01. The van der Waals surface area contributed by atoms with Gasteiger partial charge < -0.3 is 4.90 Å². The molecule has 0 radical (unpaired) electrons. The second-order valence-corrected chi connectivity index (χ2v) is 6.05. The van der Waals surface area contributed by atoms with Gasteiger partial charge in [-0.15, -0.1) is 0 Å². The predicted octanol–water partition coefficient (Wildman–Crippen LogP) is 3.87. The number of nitriles is 1. The molecule has 0 unspecified atom stereocenters. The Kier molecular flexibility index (Phi) is 4.76. The second kappa shape index (κ2) is 6.34. The van der Waals surface area contributed by atoms with E-state index in [9.17, 15) is 0 Å². The van der Waals surface area contributed by atoms with Crippen molar-refractivity contribution >= 4 is 18.3 Å². The highest BCUT2D eigenvalue weighted by molar-refractivity contribution is 7.80. The predicted molar refractivity (Wildman–Crippen MR) is 83.8 cm³/mol. The Labute approximate surface area is 121 Å². The standard InChI is InChI=1S/C16H22N2S/c1-18(15-7-5-14(11-17)6-8-15)12-16(13-19)9-3-2-4-10-16/h5-8,19H,2-4,9-10,12-13H2,1H3. The van der Waals surface area contributed by atoms with Crippen molar-refractivity contribution in [2.45, 2.75) is 32.1 Å². The smallest absolute Gasteiger partial charge is 0.0991 e. The molecule has 0 heterocycles. The molecular weight excluding hydrogens is 252 g/mol. The molecule has 0 atom stereocenters. The first-order chi connectivity index (χ1) is 9.19. The van der Waals surface area contributed by atoms with Crippen LogP contribution < -0.4 is 4.90 Å². The maximum absolute atomic E-state index is 8.83. The van der Waals surface area contributed by atoms with Gasteiger partial charge in [0.2, 0.25) is 0 Å². The summed E-state index contributed by atoms with van der Waals surface area (Å²) in [6.07, 6.45) is 6.62. The minimum atomic E-state index is 0.365. The summed E-state index contributed by atoms with van der Waals surface area (Å²) >= 11 is 4.60. The lowest BCUT2D eigenvalue weighted by Crippen LogP contribution is -2.38. The third-order valence-electron chi connectivity index (χ3n) is 4.26. The van der Waals surface area contributed by atoms with Gasteiger partial charge in [-0.05, 0) is 48.3 Å². The van der Waals surface area contributed by atoms with Crippen LogP contribution in [0.5, 0.6) is 0 Å². The third kappa shape index (κ3) is 3.45. The van der Waals surface area contributed by atoms with E-state index in [-0.39, 0.29) is 0 Å². The SMILES string of the molecule is CN(CC1(CS)CCCCC1)c1ccc(C#N)cc1. The van der Waals surface area contributed by atoms with Crippen molar-refractivity contribution in [1.29, 1.82) is 5.26 Å². The molecule has 1 saturated carbocycles. The van der Waals surface area contributed by atoms with Gasteiger partial charge in [-0.2, -0.15) is 17.9 Å². The van der Waals surface area contributed by atoms with Crippen LogP contribution in [0.4, 0.5) is 5.69 Å². The van der Waals surface area contributed by atoms with E-state index in [1.807, 2.05) is 24.3 Å². The number of thiol groups is 1. The summed E-state index contributed by atoms with van der Waals surface area (Å²) in [7, 11) is 2.14. The summed E-state index contributed by atoms with van der Waals surface area (Å²) in [5.41, 5.74) is 2.27. The molecule has 0 saturated heterocycles. The van der Waals surface area contributed by atoms with E-state index < -0.39 is 0 Å². The molecule has 102 valence electrons. The Balaban J connectivity index is 2.06. The molecule has 2 nitrogen and oxygen atoms in total. The highest BCUT2D eigenvalue weighted by Crippen LogP contribution is 2.38. The van der Waals surface area contributed by atoms with Gasteiger partial charge >= 0.3 is 0 Å². The molecule has 19 heavy (non-hydrogen) atoms. The summed E-state index contributed by atoms with van der Waals surface area (Å²) in [6, 6.07) is 10.0. The highest BCUT2D eigenvalue weighted by Gasteiger charge is 2.31. The van der Waals surface area contributed by atoms with Crippen molar-refractivity contribution < 1.29 is 0 Å². The molecule has 0 aromatic heterocycles. The number of hydrogen-bond donors (Lipinski definition) is 1. The van der Waals surface area contributed by atoms with E-state index in [2.05, 4.69) is 30.6 Å². The monoisotopic (exact) mass is 274 g/mol. The van der Waals surface area contributed by atoms with Crippen molar-refractivity contribution in [2.75, 3.05) is 24.2 Å². The van der Waals surface area contributed by atoms with E-state index >= 15 is 0 Å². The lowest BCUT2D eigenvalue weighted by atomic mass is 9.75. The summed E-state index contributed by atoms with van der Waals surface area (Å²) in [5.74, 6) is 0.966. The number of benzene rings is 1. The fraction of sp³-hybridized carbons (Fsp3) is 0.562. The summed E-state index contributed by atoms with van der Waals surface area (Å²) in [5, 5.41) is 8.83. The molecule has 0 bridgehead atoms. The first kappa shape index (κ1) is 14.3.